The molecule has 0 aromatic heterocycles. The maximum atomic E-state index is 12.0. The third-order valence-corrected chi connectivity index (χ3v) is 3.37. The van der Waals surface area contributed by atoms with Crippen LogP contribution in [0.5, 0.6) is 0 Å². The van der Waals surface area contributed by atoms with Crippen LogP contribution < -0.4 is 10.5 Å². The molecule has 5 heteroatoms. The van der Waals surface area contributed by atoms with Crippen molar-refractivity contribution in [1.82, 2.24) is 14.5 Å². The number of nitrogens with zero attached hydrogens (tertiary/aromatic N) is 4. The van der Waals surface area contributed by atoms with Crippen LogP contribution in [0.1, 0.15) is 19.3 Å². The van der Waals surface area contributed by atoms with Gasteiger partial charge in [-0.05, 0) is 25.3 Å². The summed E-state index contributed by atoms with van der Waals surface area (Å²) < 4.78 is 1.84. The van der Waals surface area contributed by atoms with Crippen LogP contribution in [-0.2, 0) is 7.05 Å². The molecule has 0 bridgehead atoms. The van der Waals surface area contributed by atoms with Gasteiger partial charge in [0.2, 0.25) is 5.95 Å². The molecule has 0 aromatic rings. The highest BCUT2D eigenvalue weighted by Gasteiger charge is 2.17. The molecule has 0 N–H and O–H groups in total. The molecule has 5 nitrogen and oxygen atoms in total. The van der Waals surface area contributed by atoms with Gasteiger partial charge in [0.1, 0.15) is 0 Å². The summed E-state index contributed by atoms with van der Waals surface area (Å²) in [6, 6.07) is 1.87. The zero-order valence-corrected chi connectivity index (χ0v) is 10.5. The third kappa shape index (κ3) is 1.96. The molecule has 0 aliphatic carbocycles. The van der Waals surface area contributed by atoms with Gasteiger partial charge in [-0.25, -0.2) is 4.98 Å². The van der Waals surface area contributed by atoms with E-state index in [0.717, 1.165) is 31.6 Å². The number of hydrogen-bond acceptors (Lipinski definition) is 4. The fourth-order valence-corrected chi connectivity index (χ4v) is 2.37. The average Bonchev–Trinajstić information content (AvgIpc) is 2.40. The molecular formula is C13H16N4O. The van der Waals surface area contributed by atoms with Crippen molar-refractivity contribution >= 4 is 5.95 Å². The lowest BCUT2D eigenvalue weighted by Gasteiger charge is -2.26. The summed E-state index contributed by atoms with van der Waals surface area (Å²) in [6.45, 7) is 1.90. The van der Waals surface area contributed by atoms with E-state index >= 15 is 0 Å². The first-order valence-corrected chi connectivity index (χ1v) is 6.33. The predicted molar refractivity (Wildman–Crippen MR) is 70.0 cm³/mol. The van der Waals surface area contributed by atoms with E-state index < -0.39 is 0 Å². The molecule has 0 atom stereocenters. The molecule has 3 rings (SSSR count). The van der Waals surface area contributed by atoms with Crippen molar-refractivity contribution in [2.45, 2.75) is 19.3 Å². The van der Waals surface area contributed by atoms with Crippen molar-refractivity contribution in [1.29, 1.82) is 0 Å². The summed E-state index contributed by atoms with van der Waals surface area (Å²) >= 11 is 0. The van der Waals surface area contributed by atoms with Crippen molar-refractivity contribution in [2.75, 3.05) is 18.0 Å². The Bertz CT molecular complexity index is 586. The van der Waals surface area contributed by atoms with E-state index in [0.29, 0.717) is 11.5 Å². The fraction of sp³-hybridized carbons (Fsp3) is 0.462. The number of aryl methyl sites for hydroxylation is 1. The predicted octanol–water partition coefficient (Wildman–Crippen LogP) is 1.27. The number of aromatic nitrogens is 3. The Hall–Kier alpha value is -1.91. The Morgan fingerprint density at radius 2 is 1.94 bits per heavy atom. The Kier molecular flexibility index (Phi) is 2.74. The van der Waals surface area contributed by atoms with Gasteiger partial charge in [0, 0.05) is 32.5 Å². The number of hydrogen-bond donors (Lipinski definition) is 0. The van der Waals surface area contributed by atoms with Gasteiger partial charge >= 0.3 is 0 Å². The average molecular weight is 244 g/mol. The maximum absolute atomic E-state index is 12.0. The van der Waals surface area contributed by atoms with Gasteiger partial charge in [0.25, 0.3) is 5.56 Å². The molecule has 18 heavy (non-hydrogen) atoms. The van der Waals surface area contributed by atoms with Gasteiger partial charge in [-0.15, -0.1) is 0 Å². The smallest absolute Gasteiger partial charge is 0.283 e. The van der Waals surface area contributed by atoms with Crippen LogP contribution >= 0.6 is 0 Å². The quantitative estimate of drug-likeness (QED) is 0.758. The number of piperidine rings is 1. The highest BCUT2D eigenvalue weighted by Crippen LogP contribution is 2.19. The second-order valence-corrected chi connectivity index (χ2v) is 4.79. The van der Waals surface area contributed by atoms with Crippen molar-refractivity contribution in [3.8, 4) is 11.3 Å². The topological polar surface area (TPSA) is 51.0 Å². The molecule has 0 spiro atoms. The summed E-state index contributed by atoms with van der Waals surface area (Å²) in [5.41, 5.74) is 1.13. The van der Waals surface area contributed by atoms with Crippen LogP contribution in [0.25, 0.3) is 11.3 Å². The zero-order chi connectivity index (χ0) is 12.5. The minimum atomic E-state index is -0.184. The molecule has 1 saturated heterocycles. The summed E-state index contributed by atoms with van der Waals surface area (Å²) in [6.07, 6.45) is 7.23. The molecule has 0 saturated carbocycles. The van der Waals surface area contributed by atoms with Crippen molar-refractivity contribution in [3.63, 3.8) is 0 Å². The SMILES string of the molecule is Cn1ccc2nc(N3CCCCC3)nc(=O)c-2c1. The fourth-order valence-electron chi connectivity index (χ4n) is 2.37. The molecule has 94 valence electrons. The van der Waals surface area contributed by atoms with E-state index in [4.69, 9.17) is 0 Å². The molecule has 0 amide bonds. The first kappa shape index (κ1) is 11.2. The zero-order valence-electron chi connectivity index (χ0n) is 10.5. The summed E-state index contributed by atoms with van der Waals surface area (Å²) in [4.78, 5) is 22.7. The van der Waals surface area contributed by atoms with Gasteiger partial charge < -0.3 is 9.47 Å². The Morgan fingerprint density at radius 1 is 1.17 bits per heavy atom. The maximum Gasteiger partial charge on any atom is 0.283 e. The van der Waals surface area contributed by atoms with Gasteiger partial charge in [0.05, 0.1) is 11.3 Å². The second kappa shape index (κ2) is 4.40. The highest BCUT2D eigenvalue weighted by molar-refractivity contribution is 5.59. The van der Waals surface area contributed by atoms with E-state index in [2.05, 4.69) is 14.9 Å². The first-order chi connectivity index (χ1) is 8.74. The summed E-state index contributed by atoms with van der Waals surface area (Å²) in [5, 5.41) is 0. The van der Waals surface area contributed by atoms with Gasteiger partial charge in [-0.3, -0.25) is 4.79 Å². The van der Waals surface area contributed by atoms with E-state index in [1.54, 1.807) is 6.20 Å². The van der Waals surface area contributed by atoms with Crippen molar-refractivity contribution in [2.24, 2.45) is 7.05 Å². The Balaban J connectivity index is 2.07. The van der Waals surface area contributed by atoms with E-state index in [9.17, 15) is 4.79 Å². The molecule has 3 heterocycles. The van der Waals surface area contributed by atoms with Gasteiger partial charge in [0.15, 0.2) is 0 Å². The molecule has 3 aliphatic heterocycles. The first-order valence-electron chi connectivity index (χ1n) is 6.33. The normalized spacial score (nSPS) is 16.2. The highest BCUT2D eigenvalue weighted by atomic mass is 16.1. The van der Waals surface area contributed by atoms with Crippen LogP contribution in [0.3, 0.4) is 0 Å². The van der Waals surface area contributed by atoms with Crippen molar-refractivity contribution in [3.05, 3.63) is 28.8 Å². The van der Waals surface area contributed by atoms with Crippen LogP contribution in [0.15, 0.2) is 23.3 Å². The van der Waals surface area contributed by atoms with Gasteiger partial charge in [-0.1, -0.05) is 0 Å². The summed E-state index contributed by atoms with van der Waals surface area (Å²) in [5.74, 6) is 0.584. The minimum absolute atomic E-state index is 0.184. The van der Waals surface area contributed by atoms with E-state index in [1.807, 2.05) is 23.9 Å². The molecule has 3 aliphatic rings. The minimum Gasteiger partial charge on any atom is -0.356 e. The number of anilines is 1. The molecule has 0 unspecified atom stereocenters. The lowest BCUT2D eigenvalue weighted by Crippen LogP contribution is -2.33. The Morgan fingerprint density at radius 3 is 2.72 bits per heavy atom. The second-order valence-electron chi connectivity index (χ2n) is 4.79. The van der Waals surface area contributed by atoms with Crippen LogP contribution in [0.4, 0.5) is 5.95 Å². The Labute approximate surface area is 105 Å². The third-order valence-electron chi connectivity index (χ3n) is 3.37. The van der Waals surface area contributed by atoms with Crippen LogP contribution in [0, 0.1) is 0 Å². The number of rotatable bonds is 1. The van der Waals surface area contributed by atoms with Crippen molar-refractivity contribution < 1.29 is 0 Å². The molecule has 0 aromatic carbocycles. The number of pyridine rings is 1. The lowest BCUT2D eigenvalue weighted by atomic mass is 10.1. The number of fused-ring (bicyclic) bond motifs is 1. The van der Waals surface area contributed by atoms with Gasteiger partial charge in [-0.2, -0.15) is 4.98 Å². The van der Waals surface area contributed by atoms with E-state index in [1.165, 1.54) is 6.42 Å². The van der Waals surface area contributed by atoms with Crippen LogP contribution in [0.2, 0.25) is 0 Å². The lowest BCUT2D eigenvalue weighted by molar-refractivity contribution is 0.567. The monoisotopic (exact) mass is 244 g/mol. The standard InChI is InChI=1S/C13H16N4O/c1-16-8-5-11-10(9-16)12(18)15-13(14-11)17-6-3-2-4-7-17/h5,8-9H,2-4,6-7H2,1H3. The largest absolute Gasteiger partial charge is 0.356 e. The summed E-state index contributed by atoms with van der Waals surface area (Å²) in [7, 11) is 1.89. The van der Waals surface area contributed by atoms with Crippen LogP contribution in [-0.4, -0.2) is 27.6 Å². The molecule has 1 fully saturated rings. The van der Waals surface area contributed by atoms with E-state index in [-0.39, 0.29) is 5.56 Å². The molecule has 0 radical (unpaired) electrons. The molecular weight excluding hydrogens is 228 g/mol.